The minimum absolute atomic E-state index is 0.0391. The second kappa shape index (κ2) is 6.79. The summed E-state index contributed by atoms with van der Waals surface area (Å²) in [7, 11) is 0. The van der Waals surface area contributed by atoms with E-state index in [1.54, 1.807) is 20.8 Å². The number of aliphatic hydroxyl groups excluding tert-OH is 1. The number of aromatic nitrogens is 5. The first-order chi connectivity index (χ1) is 13.9. The number of nitriles is 1. The van der Waals surface area contributed by atoms with E-state index < -0.39 is 11.4 Å². The molecule has 10 heteroatoms. The molecule has 0 spiro atoms. The number of rotatable bonds is 4. The summed E-state index contributed by atoms with van der Waals surface area (Å²) in [6, 6.07) is 4.18. The standard InChI is InChI=1S/C19H17FN6O3/c1-9(2)26-15-11(6-21)12(20)4-5-13(15)25-8-22-14(16(25)19(26)28)18-23-17(24-29-18)10(3)7-27/h4-5,8-10,27H,7H2,1-3H3. The number of hydrogen-bond donors (Lipinski definition) is 1. The molecule has 0 bridgehead atoms. The molecule has 148 valence electrons. The smallest absolute Gasteiger partial charge is 0.278 e. The first kappa shape index (κ1) is 18.8. The first-order valence-electron chi connectivity index (χ1n) is 8.97. The Kier molecular flexibility index (Phi) is 4.39. The van der Waals surface area contributed by atoms with E-state index >= 15 is 0 Å². The Bertz CT molecular complexity index is 1340. The van der Waals surface area contributed by atoms with Crippen LogP contribution < -0.4 is 5.56 Å². The topological polar surface area (TPSA) is 122 Å². The van der Waals surface area contributed by atoms with Gasteiger partial charge in [0.25, 0.3) is 11.4 Å². The molecule has 1 N–H and O–H groups in total. The number of fused-ring (bicyclic) bond motifs is 3. The summed E-state index contributed by atoms with van der Waals surface area (Å²) in [5.74, 6) is -0.705. The van der Waals surface area contributed by atoms with E-state index in [9.17, 15) is 19.6 Å². The molecule has 9 nitrogen and oxygen atoms in total. The van der Waals surface area contributed by atoms with Crippen LogP contribution in [0.3, 0.4) is 0 Å². The van der Waals surface area contributed by atoms with Gasteiger partial charge >= 0.3 is 0 Å². The highest BCUT2D eigenvalue weighted by Crippen LogP contribution is 2.28. The van der Waals surface area contributed by atoms with Crippen molar-refractivity contribution in [3.8, 4) is 17.7 Å². The van der Waals surface area contributed by atoms with Crippen LogP contribution in [0, 0.1) is 17.1 Å². The number of halogens is 1. The van der Waals surface area contributed by atoms with Crippen LogP contribution in [0.4, 0.5) is 4.39 Å². The second-order valence-corrected chi connectivity index (χ2v) is 7.02. The Morgan fingerprint density at radius 1 is 1.31 bits per heavy atom. The summed E-state index contributed by atoms with van der Waals surface area (Å²) < 4.78 is 22.4. The summed E-state index contributed by atoms with van der Waals surface area (Å²) >= 11 is 0. The summed E-state index contributed by atoms with van der Waals surface area (Å²) in [5, 5.41) is 22.6. The minimum Gasteiger partial charge on any atom is -0.396 e. The van der Waals surface area contributed by atoms with Crippen molar-refractivity contribution in [1.82, 2.24) is 24.1 Å². The predicted octanol–water partition coefficient (Wildman–Crippen LogP) is 2.39. The third kappa shape index (κ3) is 2.70. The fraction of sp³-hybridized carbons (Fsp3) is 0.316. The zero-order valence-electron chi connectivity index (χ0n) is 15.9. The van der Waals surface area contributed by atoms with Crippen molar-refractivity contribution in [2.24, 2.45) is 0 Å². The number of aliphatic hydroxyl groups is 1. The van der Waals surface area contributed by atoms with E-state index in [4.69, 9.17) is 4.52 Å². The SMILES string of the molecule is CC(CO)c1noc(-c2ncn3c2c(=O)n(C(C)C)c2c(C#N)c(F)ccc23)n1. The summed E-state index contributed by atoms with van der Waals surface area (Å²) in [6.07, 6.45) is 1.40. The Morgan fingerprint density at radius 3 is 2.72 bits per heavy atom. The van der Waals surface area contributed by atoms with Crippen molar-refractivity contribution in [1.29, 1.82) is 5.26 Å². The second-order valence-electron chi connectivity index (χ2n) is 7.02. The van der Waals surface area contributed by atoms with E-state index in [0.717, 1.165) is 0 Å². The molecule has 0 aliphatic heterocycles. The molecule has 0 saturated carbocycles. The lowest BCUT2D eigenvalue weighted by Gasteiger charge is -2.16. The van der Waals surface area contributed by atoms with Crippen molar-refractivity contribution in [3.63, 3.8) is 0 Å². The highest BCUT2D eigenvalue weighted by atomic mass is 19.1. The van der Waals surface area contributed by atoms with Gasteiger partial charge in [0.2, 0.25) is 0 Å². The lowest BCUT2D eigenvalue weighted by Crippen LogP contribution is -2.25. The van der Waals surface area contributed by atoms with Crippen LogP contribution in [0.15, 0.2) is 27.8 Å². The van der Waals surface area contributed by atoms with E-state index in [1.165, 1.54) is 27.4 Å². The maximum atomic E-state index is 14.3. The van der Waals surface area contributed by atoms with Gasteiger partial charge in [0.05, 0.1) is 17.6 Å². The van der Waals surface area contributed by atoms with Crippen LogP contribution in [-0.2, 0) is 0 Å². The molecule has 0 radical (unpaired) electrons. The van der Waals surface area contributed by atoms with Crippen molar-refractivity contribution in [3.05, 3.63) is 46.0 Å². The van der Waals surface area contributed by atoms with Gasteiger partial charge in [0, 0.05) is 12.0 Å². The van der Waals surface area contributed by atoms with Gasteiger partial charge in [-0.1, -0.05) is 12.1 Å². The Balaban J connectivity index is 2.11. The normalized spacial score (nSPS) is 12.7. The van der Waals surface area contributed by atoms with Gasteiger partial charge in [-0.25, -0.2) is 9.37 Å². The lowest BCUT2D eigenvalue weighted by atomic mass is 10.1. The van der Waals surface area contributed by atoms with Crippen LogP contribution in [0.25, 0.3) is 28.1 Å². The molecule has 1 unspecified atom stereocenters. The maximum absolute atomic E-state index is 14.3. The van der Waals surface area contributed by atoms with Gasteiger partial charge in [-0.2, -0.15) is 10.2 Å². The number of benzene rings is 1. The van der Waals surface area contributed by atoms with Crippen LogP contribution in [-0.4, -0.2) is 35.8 Å². The molecular weight excluding hydrogens is 379 g/mol. The molecule has 3 heterocycles. The van der Waals surface area contributed by atoms with Gasteiger partial charge in [-0.15, -0.1) is 0 Å². The van der Waals surface area contributed by atoms with Crippen LogP contribution >= 0.6 is 0 Å². The van der Waals surface area contributed by atoms with E-state index in [2.05, 4.69) is 15.1 Å². The molecule has 1 atom stereocenters. The van der Waals surface area contributed by atoms with Gasteiger partial charge in [0.15, 0.2) is 11.5 Å². The largest absolute Gasteiger partial charge is 0.396 e. The quantitative estimate of drug-likeness (QED) is 0.562. The molecule has 4 aromatic rings. The fourth-order valence-electron chi connectivity index (χ4n) is 3.31. The van der Waals surface area contributed by atoms with Crippen LogP contribution in [0.1, 0.15) is 44.1 Å². The minimum atomic E-state index is -0.701. The molecule has 0 fully saturated rings. The maximum Gasteiger partial charge on any atom is 0.278 e. The average molecular weight is 396 g/mol. The first-order valence-corrected chi connectivity index (χ1v) is 8.97. The zero-order valence-corrected chi connectivity index (χ0v) is 15.9. The van der Waals surface area contributed by atoms with Gasteiger partial charge in [-0.3, -0.25) is 9.20 Å². The van der Waals surface area contributed by atoms with Crippen LogP contribution in [0.2, 0.25) is 0 Å². The molecule has 0 saturated heterocycles. The van der Waals surface area contributed by atoms with Crippen molar-refractivity contribution in [2.75, 3.05) is 6.61 Å². The number of nitrogens with zero attached hydrogens (tertiary/aromatic N) is 6. The number of hydrogen-bond acceptors (Lipinski definition) is 7. The van der Waals surface area contributed by atoms with E-state index in [1.807, 2.05) is 6.07 Å². The molecule has 0 aliphatic rings. The number of imidazole rings is 1. The third-order valence-electron chi connectivity index (χ3n) is 4.78. The molecular formula is C19H17FN6O3. The average Bonchev–Trinajstić information content (AvgIpc) is 3.34. The monoisotopic (exact) mass is 396 g/mol. The van der Waals surface area contributed by atoms with E-state index in [0.29, 0.717) is 11.3 Å². The molecule has 4 rings (SSSR count). The lowest BCUT2D eigenvalue weighted by molar-refractivity contribution is 0.265. The molecule has 29 heavy (non-hydrogen) atoms. The third-order valence-corrected chi connectivity index (χ3v) is 4.78. The predicted molar refractivity (Wildman–Crippen MR) is 101 cm³/mol. The van der Waals surface area contributed by atoms with Crippen molar-refractivity contribution >= 4 is 16.6 Å². The molecule has 3 aromatic heterocycles. The Hall–Kier alpha value is -3.58. The zero-order chi connectivity index (χ0) is 20.9. The van der Waals surface area contributed by atoms with Crippen LogP contribution in [0.5, 0.6) is 0 Å². The van der Waals surface area contributed by atoms with Gasteiger partial charge in [-0.05, 0) is 26.0 Å². The summed E-state index contributed by atoms with van der Waals surface area (Å²) in [6.45, 7) is 5.12. The van der Waals surface area contributed by atoms with Gasteiger partial charge < -0.3 is 14.2 Å². The Labute approximate surface area is 163 Å². The van der Waals surface area contributed by atoms with E-state index in [-0.39, 0.29) is 46.7 Å². The fourth-order valence-corrected chi connectivity index (χ4v) is 3.31. The van der Waals surface area contributed by atoms with Gasteiger partial charge in [0.1, 0.15) is 29.3 Å². The van der Waals surface area contributed by atoms with Crippen molar-refractivity contribution < 1.29 is 14.0 Å². The molecule has 1 aromatic carbocycles. The Morgan fingerprint density at radius 2 is 2.07 bits per heavy atom. The van der Waals surface area contributed by atoms with Crippen molar-refractivity contribution in [2.45, 2.75) is 32.7 Å². The highest BCUT2D eigenvalue weighted by Gasteiger charge is 2.25. The summed E-state index contributed by atoms with van der Waals surface area (Å²) in [4.78, 5) is 21.9. The summed E-state index contributed by atoms with van der Waals surface area (Å²) in [5.41, 5.74) is 0.337. The molecule has 0 amide bonds. The highest BCUT2D eigenvalue weighted by molar-refractivity contribution is 5.87. The molecule has 0 aliphatic carbocycles.